The Balaban J connectivity index is 1.32. The zero-order valence-corrected chi connectivity index (χ0v) is 20.5. The monoisotopic (exact) mass is 505 g/mol. The molecular weight excluding hydrogens is 479 g/mol. The van der Waals surface area contributed by atoms with Crippen LogP contribution in [0.15, 0.2) is 73.3 Å². The van der Waals surface area contributed by atoms with Gasteiger partial charge in [-0.3, -0.25) is 14.5 Å². The Morgan fingerprint density at radius 2 is 1.89 bits per heavy atom. The van der Waals surface area contributed by atoms with Gasteiger partial charge in [0.15, 0.2) is 0 Å². The van der Waals surface area contributed by atoms with Gasteiger partial charge in [-0.05, 0) is 60.9 Å². The Labute approximate surface area is 212 Å². The Morgan fingerprint density at radius 1 is 1.05 bits per heavy atom. The zero-order chi connectivity index (χ0) is 26.2. The first-order valence-electron chi connectivity index (χ1n) is 12.0. The number of amides is 1. The Hall–Kier alpha value is -4.14. The molecule has 0 unspecified atom stereocenters. The lowest BCUT2D eigenvalue weighted by molar-refractivity contribution is -0.137. The fourth-order valence-electron chi connectivity index (χ4n) is 4.78. The van der Waals surface area contributed by atoms with E-state index in [1.54, 1.807) is 10.7 Å². The minimum Gasteiger partial charge on any atom is -0.370 e. The molecule has 1 aliphatic heterocycles. The largest absolute Gasteiger partial charge is 0.416 e. The van der Waals surface area contributed by atoms with Crippen molar-refractivity contribution >= 4 is 17.3 Å². The van der Waals surface area contributed by atoms with Crippen LogP contribution in [0.1, 0.15) is 39.4 Å². The molecular formula is C28H26F3N5O. The first-order valence-corrected chi connectivity index (χ1v) is 12.0. The average molecular weight is 506 g/mol. The van der Waals surface area contributed by atoms with Gasteiger partial charge in [0.2, 0.25) is 0 Å². The minimum atomic E-state index is -4.47. The summed E-state index contributed by atoms with van der Waals surface area (Å²) in [6.07, 6.45) is 3.88. The van der Waals surface area contributed by atoms with Gasteiger partial charge < -0.3 is 10.2 Å². The van der Waals surface area contributed by atoms with Crippen molar-refractivity contribution in [3.63, 3.8) is 0 Å². The third-order valence-corrected chi connectivity index (χ3v) is 6.74. The van der Waals surface area contributed by atoms with E-state index in [0.29, 0.717) is 5.56 Å². The number of carbonyl (C=O) groups excluding carboxylic acids is 1. The van der Waals surface area contributed by atoms with Crippen molar-refractivity contribution in [2.24, 2.45) is 7.05 Å². The maximum Gasteiger partial charge on any atom is 0.416 e. The molecule has 1 aliphatic rings. The molecule has 1 fully saturated rings. The smallest absolute Gasteiger partial charge is 0.370 e. The first kappa shape index (κ1) is 24.5. The number of pyridine rings is 1. The standard InChI is InChI=1S/C28H26F3N5O/c1-18-6-7-19(27(37)34-24-5-3-4-23(12-24)28(29,30)31)11-26(18)20-8-9-36(17-20)25-10-21(13-32-15-25)22-14-33-35(2)16-22/h3-7,10-16,20H,8-9,17H2,1-2H3,(H,34,37)/t20-/m1/s1. The van der Waals surface area contributed by atoms with Crippen molar-refractivity contribution in [2.75, 3.05) is 23.3 Å². The quantitative estimate of drug-likeness (QED) is 0.358. The highest BCUT2D eigenvalue weighted by atomic mass is 19.4. The van der Waals surface area contributed by atoms with Gasteiger partial charge in [-0.15, -0.1) is 0 Å². The number of nitrogens with one attached hydrogen (secondary N) is 1. The molecule has 0 radical (unpaired) electrons. The third-order valence-electron chi connectivity index (χ3n) is 6.74. The summed E-state index contributed by atoms with van der Waals surface area (Å²) < 4.78 is 40.9. The number of nitrogens with zero attached hydrogens (tertiary/aromatic N) is 4. The number of anilines is 2. The number of alkyl halides is 3. The molecule has 0 saturated carbocycles. The molecule has 37 heavy (non-hydrogen) atoms. The molecule has 1 saturated heterocycles. The van der Waals surface area contributed by atoms with E-state index in [0.717, 1.165) is 59.6 Å². The number of rotatable bonds is 5. The predicted octanol–water partition coefficient (Wildman–Crippen LogP) is 6.06. The molecule has 2 aromatic carbocycles. The van der Waals surface area contributed by atoms with Crippen molar-refractivity contribution in [3.8, 4) is 11.1 Å². The fraction of sp³-hybridized carbons (Fsp3) is 0.250. The van der Waals surface area contributed by atoms with Gasteiger partial charge in [0, 0.05) is 60.8 Å². The second kappa shape index (κ2) is 9.72. The number of benzene rings is 2. The van der Waals surface area contributed by atoms with Crippen LogP contribution in [-0.2, 0) is 13.2 Å². The molecule has 0 bridgehead atoms. The molecule has 3 heterocycles. The minimum absolute atomic E-state index is 0.106. The topological polar surface area (TPSA) is 63.1 Å². The summed E-state index contributed by atoms with van der Waals surface area (Å²) in [6, 6.07) is 12.2. The molecule has 6 nitrogen and oxygen atoms in total. The number of hydrogen-bond donors (Lipinski definition) is 1. The van der Waals surface area contributed by atoms with Gasteiger partial charge in [-0.25, -0.2) is 0 Å². The average Bonchev–Trinajstić information content (AvgIpc) is 3.54. The van der Waals surface area contributed by atoms with E-state index < -0.39 is 17.6 Å². The van der Waals surface area contributed by atoms with Crippen LogP contribution >= 0.6 is 0 Å². The van der Waals surface area contributed by atoms with E-state index in [4.69, 9.17) is 0 Å². The number of hydrogen-bond acceptors (Lipinski definition) is 4. The van der Waals surface area contributed by atoms with Crippen LogP contribution < -0.4 is 10.2 Å². The molecule has 0 aliphatic carbocycles. The number of aromatic nitrogens is 3. The van der Waals surface area contributed by atoms with Crippen LogP contribution in [-0.4, -0.2) is 33.8 Å². The molecule has 5 rings (SSSR count). The third kappa shape index (κ3) is 5.35. The second-order valence-corrected chi connectivity index (χ2v) is 9.37. The van der Waals surface area contributed by atoms with Crippen molar-refractivity contribution in [2.45, 2.75) is 25.4 Å². The van der Waals surface area contributed by atoms with Crippen LogP contribution in [0.5, 0.6) is 0 Å². The van der Waals surface area contributed by atoms with Crippen molar-refractivity contribution in [1.82, 2.24) is 14.8 Å². The van der Waals surface area contributed by atoms with Crippen LogP contribution in [0.4, 0.5) is 24.5 Å². The summed E-state index contributed by atoms with van der Waals surface area (Å²) in [6.45, 7) is 3.64. The van der Waals surface area contributed by atoms with E-state index in [9.17, 15) is 18.0 Å². The lowest BCUT2D eigenvalue weighted by Gasteiger charge is -2.20. The van der Waals surface area contributed by atoms with E-state index >= 15 is 0 Å². The normalized spacial score (nSPS) is 15.7. The highest BCUT2D eigenvalue weighted by Crippen LogP contribution is 2.34. The Morgan fingerprint density at radius 3 is 2.65 bits per heavy atom. The summed E-state index contributed by atoms with van der Waals surface area (Å²) in [7, 11) is 1.88. The lowest BCUT2D eigenvalue weighted by atomic mass is 9.92. The van der Waals surface area contributed by atoms with Gasteiger partial charge in [-0.2, -0.15) is 18.3 Å². The second-order valence-electron chi connectivity index (χ2n) is 9.37. The number of aryl methyl sites for hydroxylation is 2. The highest BCUT2D eigenvalue weighted by Gasteiger charge is 2.31. The summed E-state index contributed by atoms with van der Waals surface area (Å²) in [5.41, 5.74) is 4.89. The molecule has 1 amide bonds. The predicted molar refractivity (Wildman–Crippen MR) is 137 cm³/mol. The summed E-state index contributed by atoms with van der Waals surface area (Å²) in [4.78, 5) is 19.6. The molecule has 4 aromatic rings. The maximum absolute atomic E-state index is 13.0. The summed E-state index contributed by atoms with van der Waals surface area (Å²) in [5.74, 6) is -0.229. The van der Waals surface area contributed by atoms with E-state index in [1.165, 1.54) is 12.1 Å². The summed E-state index contributed by atoms with van der Waals surface area (Å²) >= 11 is 0. The molecule has 190 valence electrons. The lowest BCUT2D eigenvalue weighted by Crippen LogP contribution is -2.20. The van der Waals surface area contributed by atoms with E-state index in [-0.39, 0.29) is 11.6 Å². The van der Waals surface area contributed by atoms with E-state index in [2.05, 4.69) is 26.4 Å². The SMILES string of the molecule is Cc1ccc(C(=O)Nc2cccc(C(F)(F)F)c2)cc1[C@@H]1CCN(c2cncc(-c3cnn(C)c3)c2)C1. The van der Waals surface area contributed by atoms with Gasteiger partial charge in [-0.1, -0.05) is 12.1 Å². The van der Waals surface area contributed by atoms with E-state index in [1.807, 2.05) is 50.9 Å². The van der Waals surface area contributed by atoms with Crippen LogP contribution in [0.25, 0.3) is 11.1 Å². The molecule has 1 N–H and O–H groups in total. The van der Waals surface area contributed by atoms with Crippen molar-refractivity contribution in [3.05, 3.63) is 95.6 Å². The molecule has 1 atom stereocenters. The Bertz CT molecular complexity index is 1450. The molecule has 0 spiro atoms. The fourth-order valence-corrected chi connectivity index (χ4v) is 4.78. The van der Waals surface area contributed by atoms with Crippen molar-refractivity contribution < 1.29 is 18.0 Å². The van der Waals surface area contributed by atoms with Crippen molar-refractivity contribution in [1.29, 1.82) is 0 Å². The summed E-state index contributed by atoms with van der Waals surface area (Å²) in [5, 5.41) is 6.84. The number of carbonyl (C=O) groups is 1. The number of halogens is 3. The zero-order valence-electron chi connectivity index (χ0n) is 20.5. The Kier molecular flexibility index (Phi) is 6.45. The van der Waals surface area contributed by atoms with Crippen LogP contribution in [0, 0.1) is 6.92 Å². The molecule has 2 aromatic heterocycles. The van der Waals surface area contributed by atoms with Gasteiger partial charge >= 0.3 is 6.18 Å². The van der Waals surface area contributed by atoms with Crippen LogP contribution in [0.3, 0.4) is 0 Å². The highest BCUT2D eigenvalue weighted by molar-refractivity contribution is 6.04. The van der Waals surface area contributed by atoms with Gasteiger partial charge in [0.25, 0.3) is 5.91 Å². The van der Waals surface area contributed by atoms with Gasteiger partial charge in [0.1, 0.15) is 0 Å². The maximum atomic E-state index is 13.0. The molecule has 9 heteroatoms. The van der Waals surface area contributed by atoms with Crippen LogP contribution in [0.2, 0.25) is 0 Å². The first-order chi connectivity index (χ1) is 17.7. The van der Waals surface area contributed by atoms with Gasteiger partial charge in [0.05, 0.1) is 23.6 Å².